The average Bonchev–Trinajstić information content (AvgIpc) is 1.90. The number of likely N-dealkylation sites (tertiary alicyclic amines) is 1. The average molecular weight is 153 g/mol. The van der Waals surface area contributed by atoms with Crippen LogP contribution in [0, 0.1) is 0 Å². The van der Waals surface area contributed by atoms with Crippen LogP contribution in [0.1, 0.15) is 20.7 Å². The summed E-state index contributed by atoms with van der Waals surface area (Å²) in [5, 5.41) is 8.46. The van der Waals surface area contributed by atoms with Crippen molar-refractivity contribution in [2.24, 2.45) is 0 Å². The molecule has 0 unspecified atom stereocenters. The zero-order chi connectivity index (χ0) is 6.69. The van der Waals surface area contributed by atoms with Crippen molar-refractivity contribution < 1.29 is 40.9 Å². The van der Waals surface area contributed by atoms with Crippen molar-refractivity contribution in [2.75, 3.05) is 13.1 Å². The van der Waals surface area contributed by atoms with Crippen molar-refractivity contribution in [3.8, 4) is 0 Å². The standard InChI is InChI=1S/C6H11NO2.Na.H/c8-6(9)7-4-2-1-3-5-7;;/h1-5H2,(H,8,9);;/q;+1;-1. The Bertz CT molecular complexity index is 117. The molecule has 10 heavy (non-hydrogen) atoms. The summed E-state index contributed by atoms with van der Waals surface area (Å²) in [5.74, 6) is 0. The smallest absolute Gasteiger partial charge is 1.00 e. The SMILES string of the molecule is O=C(O)N1CCCCC1.[H-].[Na+]. The van der Waals surface area contributed by atoms with Crippen LogP contribution in [0.2, 0.25) is 0 Å². The van der Waals surface area contributed by atoms with Crippen LogP contribution in [0.4, 0.5) is 4.79 Å². The molecule has 4 heteroatoms. The number of piperidine rings is 1. The maximum absolute atomic E-state index is 10.3. The van der Waals surface area contributed by atoms with Gasteiger partial charge in [-0.05, 0) is 19.3 Å². The molecule has 1 N–H and O–H groups in total. The Morgan fingerprint density at radius 3 is 2.10 bits per heavy atom. The van der Waals surface area contributed by atoms with Crippen LogP contribution in [0.5, 0.6) is 0 Å². The van der Waals surface area contributed by atoms with Gasteiger partial charge in [-0.15, -0.1) is 0 Å². The fourth-order valence-electron chi connectivity index (χ4n) is 1.09. The predicted molar refractivity (Wildman–Crippen MR) is 34.6 cm³/mol. The molecule has 0 atom stereocenters. The summed E-state index contributed by atoms with van der Waals surface area (Å²) >= 11 is 0. The maximum Gasteiger partial charge on any atom is 1.00 e. The van der Waals surface area contributed by atoms with E-state index in [4.69, 9.17) is 5.11 Å². The summed E-state index contributed by atoms with van der Waals surface area (Å²) in [6, 6.07) is 0. The Hall–Kier alpha value is 0.270. The molecule has 0 aromatic rings. The van der Waals surface area contributed by atoms with Crippen LogP contribution >= 0.6 is 0 Å². The molecule has 0 radical (unpaired) electrons. The van der Waals surface area contributed by atoms with E-state index in [2.05, 4.69) is 0 Å². The van der Waals surface area contributed by atoms with E-state index >= 15 is 0 Å². The molecule has 0 aromatic heterocycles. The summed E-state index contributed by atoms with van der Waals surface area (Å²) in [6.07, 6.45) is 2.48. The second kappa shape index (κ2) is 4.99. The minimum absolute atomic E-state index is 0. The van der Waals surface area contributed by atoms with Crippen LogP contribution < -0.4 is 29.6 Å². The molecule has 1 amide bonds. The van der Waals surface area contributed by atoms with Crippen LogP contribution in [0.15, 0.2) is 0 Å². The second-order valence-corrected chi connectivity index (χ2v) is 2.33. The minimum Gasteiger partial charge on any atom is -1.00 e. The first-order valence-electron chi connectivity index (χ1n) is 3.28. The third-order valence-electron chi connectivity index (χ3n) is 1.63. The van der Waals surface area contributed by atoms with Gasteiger partial charge in [-0.3, -0.25) is 0 Å². The van der Waals surface area contributed by atoms with Gasteiger partial charge in [0.2, 0.25) is 0 Å². The molecule has 1 saturated heterocycles. The van der Waals surface area contributed by atoms with Crippen LogP contribution in [-0.4, -0.2) is 29.2 Å². The molecule has 0 bridgehead atoms. The monoisotopic (exact) mass is 153 g/mol. The van der Waals surface area contributed by atoms with Gasteiger partial charge < -0.3 is 11.4 Å². The normalized spacial score (nSPS) is 17.8. The van der Waals surface area contributed by atoms with Crippen molar-refractivity contribution in [3.63, 3.8) is 0 Å². The van der Waals surface area contributed by atoms with Crippen LogP contribution in [0.25, 0.3) is 0 Å². The van der Waals surface area contributed by atoms with E-state index in [0.29, 0.717) is 0 Å². The molecule has 1 fully saturated rings. The molecular formula is C6H12NNaO2. The van der Waals surface area contributed by atoms with Gasteiger partial charge in [0.15, 0.2) is 0 Å². The van der Waals surface area contributed by atoms with E-state index in [-0.39, 0.29) is 31.0 Å². The second-order valence-electron chi connectivity index (χ2n) is 2.33. The number of carboxylic acid groups (broad SMARTS) is 1. The summed E-state index contributed by atoms with van der Waals surface area (Å²) in [6.45, 7) is 1.46. The molecule has 1 rings (SSSR count). The molecule has 0 saturated carbocycles. The van der Waals surface area contributed by atoms with Crippen molar-refractivity contribution in [3.05, 3.63) is 0 Å². The van der Waals surface area contributed by atoms with Gasteiger partial charge in [-0.2, -0.15) is 0 Å². The van der Waals surface area contributed by atoms with E-state index in [0.717, 1.165) is 25.9 Å². The summed E-state index contributed by atoms with van der Waals surface area (Å²) in [7, 11) is 0. The Morgan fingerprint density at radius 2 is 1.80 bits per heavy atom. The number of hydrogen-bond donors (Lipinski definition) is 1. The number of amides is 1. The van der Waals surface area contributed by atoms with Crippen molar-refractivity contribution in [2.45, 2.75) is 19.3 Å². The summed E-state index contributed by atoms with van der Waals surface area (Å²) in [5.41, 5.74) is 0. The third-order valence-corrected chi connectivity index (χ3v) is 1.63. The molecule has 1 aliphatic heterocycles. The summed E-state index contributed by atoms with van der Waals surface area (Å²) in [4.78, 5) is 11.8. The topological polar surface area (TPSA) is 40.5 Å². The van der Waals surface area contributed by atoms with Crippen molar-refractivity contribution >= 4 is 6.09 Å². The predicted octanol–water partition coefficient (Wildman–Crippen LogP) is -1.73. The minimum atomic E-state index is -0.769. The van der Waals surface area contributed by atoms with Gasteiger partial charge in [-0.25, -0.2) is 4.79 Å². The van der Waals surface area contributed by atoms with Crippen LogP contribution in [-0.2, 0) is 0 Å². The fourth-order valence-corrected chi connectivity index (χ4v) is 1.09. The molecule has 0 aromatic carbocycles. The van der Waals surface area contributed by atoms with Gasteiger partial charge in [0.25, 0.3) is 0 Å². The molecule has 1 heterocycles. The zero-order valence-corrected chi connectivity index (χ0v) is 8.34. The maximum atomic E-state index is 10.3. The first-order chi connectivity index (χ1) is 4.30. The van der Waals surface area contributed by atoms with Crippen LogP contribution in [0.3, 0.4) is 0 Å². The molecule has 0 aliphatic carbocycles. The summed E-state index contributed by atoms with van der Waals surface area (Å²) < 4.78 is 0. The Labute approximate surface area is 84.2 Å². The van der Waals surface area contributed by atoms with Gasteiger partial charge in [0.05, 0.1) is 0 Å². The number of rotatable bonds is 0. The van der Waals surface area contributed by atoms with Crippen molar-refractivity contribution in [1.29, 1.82) is 0 Å². The van der Waals surface area contributed by atoms with Gasteiger partial charge in [0, 0.05) is 13.1 Å². The number of hydrogen-bond acceptors (Lipinski definition) is 1. The first kappa shape index (κ1) is 10.3. The van der Waals surface area contributed by atoms with Gasteiger partial charge >= 0.3 is 35.7 Å². The van der Waals surface area contributed by atoms with Gasteiger partial charge in [-0.1, -0.05) is 0 Å². The zero-order valence-electron chi connectivity index (χ0n) is 7.34. The number of carbonyl (C=O) groups is 1. The first-order valence-corrected chi connectivity index (χ1v) is 3.28. The van der Waals surface area contributed by atoms with Crippen molar-refractivity contribution in [1.82, 2.24) is 4.90 Å². The molecule has 0 spiro atoms. The molecular weight excluding hydrogens is 141 g/mol. The van der Waals surface area contributed by atoms with Gasteiger partial charge in [0.1, 0.15) is 0 Å². The van der Waals surface area contributed by atoms with E-state index in [1.54, 1.807) is 0 Å². The Morgan fingerprint density at radius 1 is 1.30 bits per heavy atom. The van der Waals surface area contributed by atoms with E-state index in [9.17, 15) is 4.79 Å². The Balaban J connectivity index is 0. The largest absolute Gasteiger partial charge is 1.00 e. The van der Waals surface area contributed by atoms with E-state index < -0.39 is 6.09 Å². The quantitative estimate of drug-likeness (QED) is 0.420. The molecule has 54 valence electrons. The molecule has 3 nitrogen and oxygen atoms in total. The van der Waals surface area contributed by atoms with E-state index in [1.165, 1.54) is 11.3 Å². The molecule has 1 aliphatic rings. The van der Waals surface area contributed by atoms with E-state index in [1.807, 2.05) is 0 Å². The third kappa shape index (κ3) is 2.90. The Kier molecular flexibility index (Phi) is 5.13. The fraction of sp³-hybridized carbons (Fsp3) is 0.833. The number of nitrogens with zero attached hydrogens (tertiary/aromatic N) is 1.